The predicted octanol–water partition coefficient (Wildman–Crippen LogP) is 3.28. The normalized spacial score (nSPS) is 14.8. The van der Waals surface area contributed by atoms with Crippen molar-refractivity contribution in [2.45, 2.75) is 25.4 Å². The summed E-state index contributed by atoms with van der Waals surface area (Å²) in [5.74, 6) is 0. The van der Waals surface area contributed by atoms with E-state index < -0.39 is 0 Å². The predicted molar refractivity (Wildman–Crippen MR) is 80.9 cm³/mol. The molecule has 0 spiro atoms. The van der Waals surface area contributed by atoms with E-state index in [9.17, 15) is 0 Å². The number of rotatable bonds is 4. The minimum absolute atomic E-state index is 0.740. The molecule has 3 nitrogen and oxygen atoms in total. The first-order valence-electron chi connectivity index (χ1n) is 7.16. The maximum Gasteiger partial charge on any atom is 0.0741 e. The Morgan fingerprint density at radius 3 is 2.90 bits per heavy atom. The average molecular weight is 263 g/mol. The van der Waals surface area contributed by atoms with E-state index in [0.29, 0.717) is 0 Å². The van der Waals surface area contributed by atoms with Crippen molar-refractivity contribution in [1.82, 2.24) is 15.1 Å². The number of para-hydroxylation sites is 1. The highest BCUT2D eigenvalue weighted by atomic mass is 15.3. The van der Waals surface area contributed by atoms with E-state index in [1.807, 2.05) is 16.9 Å². The number of hydrogen-bond donors (Lipinski definition) is 1. The third kappa shape index (κ3) is 2.21. The number of hydrogen-bond acceptors (Lipinski definition) is 2. The van der Waals surface area contributed by atoms with Crippen molar-refractivity contribution in [3.63, 3.8) is 0 Å². The van der Waals surface area contributed by atoms with Gasteiger partial charge in [-0.1, -0.05) is 30.3 Å². The molecule has 0 amide bonds. The topological polar surface area (TPSA) is 29.9 Å². The molecule has 100 valence electrons. The molecule has 0 bridgehead atoms. The maximum atomic E-state index is 4.51. The fourth-order valence-corrected chi connectivity index (χ4v) is 2.53. The monoisotopic (exact) mass is 263 g/mol. The van der Waals surface area contributed by atoms with Gasteiger partial charge in [0.25, 0.3) is 0 Å². The molecule has 1 fully saturated rings. The van der Waals surface area contributed by atoms with Crippen LogP contribution in [0.25, 0.3) is 16.6 Å². The lowest BCUT2D eigenvalue weighted by molar-refractivity contribution is 0.687. The lowest BCUT2D eigenvalue weighted by atomic mass is 10.2. The van der Waals surface area contributed by atoms with Crippen LogP contribution in [0.5, 0.6) is 0 Å². The second kappa shape index (κ2) is 4.76. The number of nitrogens with one attached hydrogen (secondary N) is 1. The molecular weight excluding hydrogens is 246 g/mol. The molecule has 4 rings (SSSR count). The lowest BCUT2D eigenvalue weighted by Crippen LogP contribution is -2.15. The van der Waals surface area contributed by atoms with Crippen LogP contribution in [0.1, 0.15) is 18.4 Å². The first-order valence-corrected chi connectivity index (χ1v) is 7.16. The zero-order valence-corrected chi connectivity index (χ0v) is 11.3. The van der Waals surface area contributed by atoms with Gasteiger partial charge in [-0.25, -0.2) is 4.68 Å². The van der Waals surface area contributed by atoms with Crippen molar-refractivity contribution < 1.29 is 0 Å². The van der Waals surface area contributed by atoms with E-state index in [1.165, 1.54) is 23.8 Å². The zero-order chi connectivity index (χ0) is 13.4. The van der Waals surface area contributed by atoms with E-state index >= 15 is 0 Å². The average Bonchev–Trinajstić information content (AvgIpc) is 3.23. The lowest BCUT2D eigenvalue weighted by Gasteiger charge is -2.07. The largest absolute Gasteiger partial charge is 0.310 e. The van der Waals surface area contributed by atoms with Crippen LogP contribution in [0.2, 0.25) is 0 Å². The summed E-state index contributed by atoms with van der Waals surface area (Å²) in [4.78, 5) is 0. The van der Waals surface area contributed by atoms with E-state index in [0.717, 1.165) is 23.8 Å². The third-order valence-electron chi connectivity index (χ3n) is 3.80. The SMILES string of the molecule is c1cc(CNC2CC2)cc(-n2ncc3ccccc32)c1. The molecule has 20 heavy (non-hydrogen) atoms. The highest BCUT2D eigenvalue weighted by Gasteiger charge is 2.19. The van der Waals surface area contributed by atoms with E-state index in [-0.39, 0.29) is 0 Å². The van der Waals surface area contributed by atoms with Gasteiger partial charge < -0.3 is 5.32 Å². The molecule has 1 aliphatic rings. The fourth-order valence-electron chi connectivity index (χ4n) is 2.53. The third-order valence-corrected chi connectivity index (χ3v) is 3.80. The molecule has 0 atom stereocenters. The van der Waals surface area contributed by atoms with Crippen molar-refractivity contribution >= 4 is 10.9 Å². The quantitative estimate of drug-likeness (QED) is 0.783. The Labute approximate surface area is 118 Å². The van der Waals surface area contributed by atoms with Crippen LogP contribution < -0.4 is 5.32 Å². The highest BCUT2D eigenvalue weighted by molar-refractivity contribution is 5.80. The molecule has 1 saturated carbocycles. The van der Waals surface area contributed by atoms with Gasteiger partial charge in [-0.05, 0) is 36.6 Å². The molecule has 1 aromatic heterocycles. The van der Waals surface area contributed by atoms with Gasteiger partial charge in [0.2, 0.25) is 0 Å². The first-order chi connectivity index (χ1) is 9.90. The van der Waals surface area contributed by atoms with E-state index in [2.05, 4.69) is 52.9 Å². The molecule has 0 radical (unpaired) electrons. The minimum atomic E-state index is 0.740. The minimum Gasteiger partial charge on any atom is -0.310 e. The highest BCUT2D eigenvalue weighted by Crippen LogP contribution is 2.21. The van der Waals surface area contributed by atoms with Gasteiger partial charge in [0.1, 0.15) is 0 Å². The van der Waals surface area contributed by atoms with Gasteiger partial charge in [-0.2, -0.15) is 5.10 Å². The van der Waals surface area contributed by atoms with Crippen molar-refractivity contribution in [2.75, 3.05) is 0 Å². The van der Waals surface area contributed by atoms with Crippen molar-refractivity contribution in [2.24, 2.45) is 0 Å². The summed E-state index contributed by atoms with van der Waals surface area (Å²) in [6.07, 6.45) is 4.57. The molecule has 1 aliphatic carbocycles. The Morgan fingerprint density at radius 2 is 2.00 bits per heavy atom. The smallest absolute Gasteiger partial charge is 0.0741 e. The number of aromatic nitrogens is 2. The number of nitrogens with zero attached hydrogens (tertiary/aromatic N) is 2. The van der Waals surface area contributed by atoms with Gasteiger partial charge in [-0.15, -0.1) is 0 Å². The van der Waals surface area contributed by atoms with E-state index in [1.54, 1.807) is 0 Å². The van der Waals surface area contributed by atoms with Crippen LogP contribution in [0.3, 0.4) is 0 Å². The van der Waals surface area contributed by atoms with Crippen LogP contribution in [-0.2, 0) is 6.54 Å². The Hall–Kier alpha value is -2.13. The van der Waals surface area contributed by atoms with Crippen molar-refractivity contribution in [1.29, 1.82) is 0 Å². The summed E-state index contributed by atoms with van der Waals surface area (Å²) in [6.45, 7) is 0.942. The Balaban J connectivity index is 1.68. The Kier molecular flexibility index (Phi) is 2.78. The number of benzene rings is 2. The van der Waals surface area contributed by atoms with Crippen molar-refractivity contribution in [3.05, 3.63) is 60.3 Å². The zero-order valence-electron chi connectivity index (χ0n) is 11.3. The standard InChI is InChI=1S/C17H17N3/c1-2-7-17-14(5-1)12-19-20(17)16-6-3-4-13(10-16)11-18-15-8-9-15/h1-7,10,12,15,18H,8-9,11H2. The maximum absolute atomic E-state index is 4.51. The molecular formula is C17H17N3. The molecule has 0 saturated heterocycles. The summed E-state index contributed by atoms with van der Waals surface area (Å²) < 4.78 is 2.01. The van der Waals surface area contributed by atoms with Crippen LogP contribution >= 0.6 is 0 Å². The molecule has 3 heteroatoms. The summed E-state index contributed by atoms with van der Waals surface area (Å²) in [5.41, 5.74) is 3.59. The Morgan fingerprint density at radius 1 is 1.10 bits per heavy atom. The molecule has 0 unspecified atom stereocenters. The summed E-state index contributed by atoms with van der Waals surface area (Å²) in [6, 6.07) is 17.6. The molecule has 2 aromatic carbocycles. The van der Waals surface area contributed by atoms with Crippen LogP contribution in [-0.4, -0.2) is 15.8 Å². The summed E-state index contributed by atoms with van der Waals surface area (Å²) >= 11 is 0. The molecule has 1 N–H and O–H groups in total. The van der Waals surface area contributed by atoms with Gasteiger partial charge in [0, 0.05) is 18.0 Å². The second-order valence-electron chi connectivity index (χ2n) is 5.44. The van der Waals surface area contributed by atoms with Gasteiger partial charge >= 0.3 is 0 Å². The van der Waals surface area contributed by atoms with Gasteiger partial charge in [-0.3, -0.25) is 0 Å². The van der Waals surface area contributed by atoms with Gasteiger partial charge in [0.15, 0.2) is 0 Å². The summed E-state index contributed by atoms with van der Waals surface area (Å²) in [5, 5.41) is 9.24. The van der Waals surface area contributed by atoms with Crippen molar-refractivity contribution in [3.8, 4) is 5.69 Å². The first kappa shape index (κ1) is 11.7. The van der Waals surface area contributed by atoms with Crippen LogP contribution in [0.4, 0.5) is 0 Å². The fraction of sp³-hybridized carbons (Fsp3) is 0.235. The molecule has 3 aromatic rings. The molecule has 1 heterocycles. The van der Waals surface area contributed by atoms with Crippen LogP contribution in [0.15, 0.2) is 54.7 Å². The number of fused-ring (bicyclic) bond motifs is 1. The molecule has 0 aliphatic heterocycles. The Bertz CT molecular complexity index is 741. The van der Waals surface area contributed by atoms with Crippen LogP contribution in [0, 0.1) is 0 Å². The van der Waals surface area contributed by atoms with E-state index in [4.69, 9.17) is 0 Å². The summed E-state index contributed by atoms with van der Waals surface area (Å²) in [7, 11) is 0. The second-order valence-corrected chi connectivity index (χ2v) is 5.44. The van der Waals surface area contributed by atoms with Gasteiger partial charge in [0.05, 0.1) is 17.4 Å².